The Morgan fingerprint density at radius 2 is 2.00 bits per heavy atom. The van der Waals surface area contributed by atoms with E-state index in [1.54, 1.807) is 11.9 Å². The molecule has 0 heterocycles. The number of nitrogens with zero attached hydrogens (tertiary/aromatic N) is 1. The number of alkyl halides is 2. The normalized spacial score (nSPS) is 15.0. The van der Waals surface area contributed by atoms with E-state index >= 15 is 0 Å². The van der Waals surface area contributed by atoms with Gasteiger partial charge in [-0.15, -0.1) is 0 Å². The van der Waals surface area contributed by atoms with Crippen LogP contribution in [0.5, 0.6) is 0 Å². The van der Waals surface area contributed by atoms with Gasteiger partial charge in [0.2, 0.25) is 0 Å². The first kappa shape index (κ1) is 12.8. The van der Waals surface area contributed by atoms with Crippen molar-refractivity contribution in [1.29, 1.82) is 0 Å². The van der Waals surface area contributed by atoms with Crippen molar-refractivity contribution in [2.24, 2.45) is 11.7 Å². The molecule has 0 aliphatic rings. The molecule has 13 heavy (non-hydrogen) atoms. The van der Waals surface area contributed by atoms with Crippen LogP contribution in [0.25, 0.3) is 0 Å². The van der Waals surface area contributed by atoms with E-state index in [2.05, 4.69) is 13.8 Å². The molecule has 0 rings (SSSR count). The van der Waals surface area contributed by atoms with Crippen molar-refractivity contribution >= 4 is 0 Å². The second-order valence-corrected chi connectivity index (χ2v) is 3.77. The van der Waals surface area contributed by atoms with Crippen LogP contribution in [0.4, 0.5) is 8.78 Å². The summed E-state index contributed by atoms with van der Waals surface area (Å²) in [6.45, 7) is 3.99. The van der Waals surface area contributed by atoms with Crippen LogP contribution in [0.1, 0.15) is 20.3 Å². The fourth-order valence-electron chi connectivity index (χ4n) is 1.19. The summed E-state index contributed by atoms with van der Waals surface area (Å²) in [7, 11) is 1.70. The molecule has 0 aliphatic carbocycles. The first-order chi connectivity index (χ1) is 5.91. The number of nitrogens with two attached hydrogens (primary N) is 1. The van der Waals surface area contributed by atoms with Gasteiger partial charge in [0, 0.05) is 6.54 Å². The molecule has 0 bridgehead atoms. The van der Waals surface area contributed by atoms with Gasteiger partial charge in [-0.2, -0.15) is 0 Å². The third-order valence-electron chi connectivity index (χ3n) is 2.12. The summed E-state index contributed by atoms with van der Waals surface area (Å²) in [4.78, 5) is 1.64. The minimum absolute atomic E-state index is 0.242. The van der Waals surface area contributed by atoms with Crippen molar-refractivity contribution in [3.8, 4) is 0 Å². The highest BCUT2D eigenvalue weighted by Crippen LogP contribution is 2.13. The lowest BCUT2D eigenvalue weighted by Crippen LogP contribution is -2.41. The van der Waals surface area contributed by atoms with Gasteiger partial charge in [-0.25, -0.2) is 8.78 Å². The summed E-state index contributed by atoms with van der Waals surface area (Å²) in [5, 5.41) is 0. The zero-order valence-corrected chi connectivity index (χ0v) is 8.69. The van der Waals surface area contributed by atoms with Gasteiger partial charge in [0.15, 0.2) is 0 Å². The molecular formula is C9H20F2N2. The molecule has 0 fully saturated rings. The van der Waals surface area contributed by atoms with Crippen molar-refractivity contribution in [3.63, 3.8) is 0 Å². The Kier molecular flexibility index (Phi) is 5.40. The molecule has 2 N–H and O–H groups in total. The summed E-state index contributed by atoms with van der Waals surface area (Å²) in [6, 6.07) is 0. The zero-order chi connectivity index (χ0) is 10.5. The van der Waals surface area contributed by atoms with Crippen LogP contribution in [0, 0.1) is 5.92 Å². The van der Waals surface area contributed by atoms with Gasteiger partial charge in [-0.1, -0.05) is 20.3 Å². The molecule has 0 aliphatic heterocycles. The van der Waals surface area contributed by atoms with E-state index in [-0.39, 0.29) is 6.54 Å². The van der Waals surface area contributed by atoms with Crippen LogP contribution in [0.2, 0.25) is 0 Å². The monoisotopic (exact) mass is 194 g/mol. The van der Waals surface area contributed by atoms with E-state index in [0.29, 0.717) is 12.5 Å². The smallest absolute Gasteiger partial charge is 0.272 e. The predicted octanol–water partition coefficient (Wildman–Crippen LogP) is 1.56. The van der Waals surface area contributed by atoms with E-state index in [4.69, 9.17) is 5.73 Å². The van der Waals surface area contributed by atoms with Gasteiger partial charge in [-0.05, 0) is 13.0 Å². The fraction of sp³-hybridized carbons (Fsp3) is 1.00. The quantitative estimate of drug-likeness (QED) is 0.695. The summed E-state index contributed by atoms with van der Waals surface area (Å²) >= 11 is 0. The lowest BCUT2D eigenvalue weighted by Gasteiger charge is -2.24. The molecule has 0 saturated carbocycles. The predicted molar refractivity (Wildman–Crippen MR) is 51.0 cm³/mol. The molecule has 0 aromatic heterocycles. The van der Waals surface area contributed by atoms with Crippen LogP contribution < -0.4 is 5.73 Å². The molecular weight excluding hydrogens is 174 g/mol. The molecule has 80 valence electrons. The molecule has 0 saturated heterocycles. The number of rotatable bonds is 6. The Hall–Kier alpha value is -0.220. The van der Waals surface area contributed by atoms with Gasteiger partial charge in [-0.3, -0.25) is 0 Å². The third kappa shape index (κ3) is 5.93. The highest BCUT2D eigenvalue weighted by Gasteiger charge is 2.28. The summed E-state index contributed by atoms with van der Waals surface area (Å²) in [5.41, 5.74) is 4.94. The fourth-order valence-corrected chi connectivity index (χ4v) is 1.19. The van der Waals surface area contributed by atoms with E-state index in [1.807, 2.05) is 0 Å². The minimum atomic E-state index is -2.75. The van der Waals surface area contributed by atoms with E-state index in [0.717, 1.165) is 6.42 Å². The molecule has 4 heteroatoms. The van der Waals surface area contributed by atoms with Crippen LogP contribution >= 0.6 is 0 Å². The third-order valence-corrected chi connectivity index (χ3v) is 2.12. The maximum absolute atomic E-state index is 12.8. The maximum Gasteiger partial charge on any atom is 0.272 e. The van der Waals surface area contributed by atoms with Crippen molar-refractivity contribution < 1.29 is 8.78 Å². The standard InChI is InChI=1S/C9H20F2N2/c1-4-8(2)5-13(3)7-9(10,11)6-12/h8H,4-7,12H2,1-3H3. The Morgan fingerprint density at radius 3 is 2.38 bits per heavy atom. The van der Waals surface area contributed by atoms with Crippen LogP contribution in [-0.2, 0) is 0 Å². The largest absolute Gasteiger partial charge is 0.325 e. The van der Waals surface area contributed by atoms with E-state index < -0.39 is 12.5 Å². The van der Waals surface area contributed by atoms with Gasteiger partial charge in [0.05, 0.1) is 13.1 Å². The molecule has 0 spiro atoms. The average Bonchev–Trinajstić information content (AvgIpc) is 2.03. The molecule has 0 aromatic carbocycles. The van der Waals surface area contributed by atoms with Crippen molar-refractivity contribution in [2.45, 2.75) is 26.2 Å². The second kappa shape index (κ2) is 5.50. The topological polar surface area (TPSA) is 29.3 Å². The Balaban J connectivity index is 3.79. The number of halogens is 2. The first-order valence-corrected chi connectivity index (χ1v) is 4.67. The Morgan fingerprint density at radius 1 is 1.46 bits per heavy atom. The van der Waals surface area contributed by atoms with Crippen molar-refractivity contribution in [3.05, 3.63) is 0 Å². The number of hydrogen-bond acceptors (Lipinski definition) is 2. The highest BCUT2D eigenvalue weighted by atomic mass is 19.3. The lowest BCUT2D eigenvalue weighted by molar-refractivity contribution is -0.0198. The van der Waals surface area contributed by atoms with Gasteiger partial charge in [0.1, 0.15) is 0 Å². The molecule has 0 aromatic rings. The lowest BCUT2D eigenvalue weighted by atomic mass is 10.1. The molecule has 1 unspecified atom stereocenters. The van der Waals surface area contributed by atoms with Gasteiger partial charge < -0.3 is 10.6 Å². The van der Waals surface area contributed by atoms with Crippen LogP contribution in [0.15, 0.2) is 0 Å². The van der Waals surface area contributed by atoms with Crippen LogP contribution in [0.3, 0.4) is 0 Å². The highest BCUT2D eigenvalue weighted by molar-refractivity contribution is 4.72. The second-order valence-electron chi connectivity index (χ2n) is 3.77. The van der Waals surface area contributed by atoms with Gasteiger partial charge >= 0.3 is 0 Å². The summed E-state index contributed by atoms with van der Waals surface area (Å²) < 4.78 is 25.6. The van der Waals surface area contributed by atoms with Crippen molar-refractivity contribution in [2.75, 3.05) is 26.7 Å². The van der Waals surface area contributed by atoms with E-state index in [1.165, 1.54) is 0 Å². The summed E-state index contributed by atoms with van der Waals surface area (Å²) in [6.07, 6.45) is 1.01. The summed E-state index contributed by atoms with van der Waals surface area (Å²) in [5.74, 6) is -2.29. The molecule has 0 radical (unpaired) electrons. The average molecular weight is 194 g/mol. The van der Waals surface area contributed by atoms with Crippen LogP contribution in [-0.4, -0.2) is 37.5 Å². The first-order valence-electron chi connectivity index (χ1n) is 4.67. The molecule has 2 nitrogen and oxygen atoms in total. The maximum atomic E-state index is 12.8. The molecule has 1 atom stereocenters. The van der Waals surface area contributed by atoms with Crippen molar-refractivity contribution in [1.82, 2.24) is 4.90 Å². The van der Waals surface area contributed by atoms with Gasteiger partial charge in [0.25, 0.3) is 5.92 Å². The zero-order valence-electron chi connectivity index (χ0n) is 8.69. The number of hydrogen-bond donors (Lipinski definition) is 1. The molecule has 0 amide bonds. The SMILES string of the molecule is CCC(C)CN(C)CC(F)(F)CN. The Labute approximate surface area is 79.1 Å². The Bertz CT molecular complexity index is 140. The minimum Gasteiger partial charge on any atom is -0.325 e. The van der Waals surface area contributed by atoms with E-state index in [9.17, 15) is 8.78 Å².